The summed E-state index contributed by atoms with van der Waals surface area (Å²) < 4.78 is 5.85. The van der Waals surface area contributed by atoms with Crippen LogP contribution in [-0.2, 0) is 0 Å². The number of para-hydroxylation sites is 3. The van der Waals surface area contributed by atoms with Gasteiger partial charge in [0, 0.05) is 18.9 Å². The molecule has 1 heterocycles. The Kier molecular flexibility index (Phi) is 6.15. The molecule has 0 spiro atoms. The summed E-state index contributed by atoms with van der Waals surface area (Å²) in [5.41, 5.74) is 1.07. The third-order valence-corrected chi connectivity index (χ3v) is 3.78. The number of pyridine rings is 1. The van der Waals surface area contributed by atoms with Gasteiger partial charge < -0.3 is 15.4 Å². The third kappa shape index (κ3) is 4.82. The molecule has 3 rings (SSSR count). The van der Waals surface area contributed by atoms with Crippen molar-refractivity contribution in [3.05, 3.63) is 96.8 Å². The number of rotatable bonds is 7. The van der Waals surface area contributed by atoms with E-state index in [2.05, 4.69) is 22.2 Å². The van der Waals surface area contributed by atoms with Gasteiger partial charge in [-0.1, -0.05) is 36.4 Å². The van der Waals surface area contributed by atoms with Gasteiger partial charge in [0.2, 0.25) is 0 Å². The molecule has 0 unspecified atom stereocenters. The fourth-order valence-electron chi connectivity index (χ4n) is 2.42. The van der Waals surface area contributed by atoms with Crippen LogP contribution in [0.25, 0.3) is 0 Å². The Morgan fingerprint density at radius 3 is 2.39 bits per heavy atom. The van der Waals surface area contributed by atoms with Crippen LogP contribution in [0, 0.1) is 0 Å². The average Bonchev–Trinajstić information content (AvgIpc) is 2.74. The summed E-state index contributed by atoms with van der Waals surface area (Å²) in [7, 11) is 0. The van der Waals surface area contributed by atoms with Gasteiger partial charge in [0.15, 0.2) is 5.75 Å². The lowest BCUT2D eigenvalue weighted by atomic mass is 10.1. The average molecular weight is 373 g/mol. The van der Waals surface area contributed by atoms with Crippen molar-refractivity contribution in [2.75, 3.05) is 11.9 Å². The molecule has 2 N–H and O–H groups in total. The Bertz CT molecular complexity index is 987. The smallest absolute Gasteiger partial charge is 0.257 e. The van der Waals surface area contributed by atoms with Gasteiger partial charge in [-0.05, 0) is 30.3 Å². The van der Waals surface area contributed by atoms with E-state index in [4.69, 9.17) is 4.74 Å². The number of carbonyl (C=O) groups is 2. The molecule has 3 aromatic rings. The quantitative estimate of drug-likeness (QED) is 0.613. The Balaban J connectivity index is 1.77. The molecule has 6 heteroatoms. The van der Waals surface area contributed by atoms with E-state index in [-0.39, 0.29) is 11.5 Å². The number of hydrogen-bond acceptors (Lipinski definition) is 4. The minimum absolute atomic E-state index is 0.265. The predicted molar refractivity (Wildman–Crippen MR) is 108 cm³/mol. The van der Waals surface area contributed by atoms with Crippen LogP contribution in [0.4, 0.5) is 5.69 Å². The molecule has 1 aromatic heterocycles. The van der Waals surface area contributed by atoms with Crippen molar-refractivity contribution in [2.45, 2.75) is 0 Å². The van der Waals surface area contributed by atoms with Crippen LogP contribution >= 0.6 is 0 Å². The van der Waals surface area contributed by atoms with Crippen LogP contribution in [0.15, 0.2) is 85.7 Å². The molecule has 0 saturated carbocycles. The maximum absolute atomic E-state index is 12.7. The number of carbonyl (C=O) groups excluding carboxylic acids is 2. The van der Waals surface area contributed by atoms with E-state index in [0.717, 1.165) is 0 Å². The van der Waals surface area contributed by atoms with Gasteiger partial charge >= 0.3 is 0 Å². The second-order valence-corrected chi connectivity index (χ2v) is 5.83. The van der Waals surface area contributed by atoms with Crippen LogP contribution in [0.3, 0.4) is 0 Å². The van der Waals surface area contributed by atoms with E-state index >= 15 is 0 Å². The zero-order valence-electron chi connectivity index (χ0n) is 15.1. The number of ether oxygens (including phenoxy) is 1. The first-order valence-corrected chi connectivity index (χ1v) is 8.65. The minimum Gasteiger partial charge on any atom is -0.455 e. The number of benzene rings is 2. The molecule has 0 saturated heterocycles. The van der Waals surface area contributed by atoms with E-state index in [1.807, 2.05) is 36.4 Å². The van der Waals surface area contributed by atoms with E-state index in [1.165, 1.54) is 18.5 Å². The third-order valence-electron chi connectivity index (χ3n) is 3.78. The van der Waals surface area contributed by atoms with E-state index in [0.29, 0.717) is 29.3 Å². The monoisotopic (exact) mass is 373 g/mol. The lowest BCUT2D eigenvalue weighted by molar-refractivity contribution is 0.0957. The first kappa shape index (κ1) is 18.8. The van der Waals surface area contributed by atoms with Crippen molar-refractivity contribution in [2.24, 2.45) is 0 Å². The van der Waals surface area contributed by atoms with Crippen molar-refractivity contribution in [1.82, 2.24) is 10.3 Å². The molecule has 0 aliphatic carbocycles. The fourth-order valence-corrected chi connectivity index (χ4v) is 2.42. The Morgan fingerprint density at radius 2 is 1.64 bits per heavy atom. The summed E-state index contributed by atoms with van der Waals surface area (Å²) in [4.78, 5) is 28.7. The molecule has 0 atom stereocenters. The Morgan fingerprint density at radius 1 is 0.964 bits per heavy atom. The van der Waals surface area contributed by atoms with E-state index in [9.17, 15) is 9.59 Å². The zero-order chi connectivity index (χ0) is 19.8. The Labute approximate surface area is 162 Å². The summed E-state index contributed by atoms with van der Waals surface area (Å²) >= 11 is 0. The topological polar surface area (TPSA) is 80.3 Å². The van der Waals surface area contributed by atoms with Gasteiger partial charge in [-0.2, -0.15) is 0 Å². The number of nitrogens with one attached hydrogen (secondary N) is 2. The largest absolute Gasteiger partial charge is 0.455 e. The lowest BCUT2D eigenvalue weighted by Gasteiger charge is -2.12. The van der Waals surface area contributed by atoms with Crippen LogP contribution in [-0.4, -0.2) is 23.3 Å². The van der Waals surface area contributed by atoms with Crippen LogP contribution < -0.4 is 15.4 Å². The van der Waals surface area contributed by atoms with Crippen LogP contribution in [0.5, 0.6) is 11.5 Å². The zero-order valence-corrected chi connectivity index (χ0v) is 15.1. The first-order chi connectivity index (χ1) is 13.7. The molecular formula is C22H19N3O3. The van der Waals surface area contributed by atoms with Gasteiger partial charge in [0.05, 0.1) is 16.8 Å². The fraction of sp³-hybridized carbons (Fsp3) is 0.0455. The summed E-state index contributed by atoms with van der Waals surface area (Å²) in [5, 5.41) is 5.46. The second-order valence-electron chi connectivity index (χ2n) is 5.83. The van der Waals surface area contributed by atoms with Crippen LogP contribution in [0.1, 0.15) is 20.7 Å². The number of hydrogen-bond donors (Lipinski definition) is 2. The van der Waals surface area contributed by atoms with Gasteiger partial charge in [-0.25, -0.2) is 0 Å². The van der Waals surface area contributed by atoms with Crippen molar-refractivity contribution in [3.8, 4) is 11.5 Å². The van der Waals surface area contributed by atoms with Gasteiger partial charge in [-0.3, -0.25) is 14.6 Å². The number of amides is 2. The summed E-state index contributed by atoms with van der Waals surface area (Å²) in [5.74, 6) is 0.450. The molecule has 0 bridgehead atoms. The molecule has 140 valence electrons. The molecular weight excluding hydrogens is 354 g/mol. The number of nitrogens with zero attached hydrogens (tertiary/aromatic N) is 1. The van der Waals surface area contributed by atoms with Crippen molar-refractivity contribution >= 4 is 17.5 Å². The SMILES string of the molecule is C=CCNC(=O)c1cncc(C(=O)Nc2ccccc2Oc2ccccc2)c1. The highest BCUT2D eigenvalue weighted by molar-refractivity contribution is 6.06. The molecule has 28 heavy (non-hydrogen) atoms. The molecule has 6 nitrogen and oxygen atoms in total. The maximum Gasteiger partial charge on any atom is 0.257 e. The van der Waals surface area contributed by atoms with Crippen molar-refractivity contribution < 1.29 is 14.3 Å². The van der Waals surface area contributed by atoms with Crippen molar-refractivity contribution in [3.63, 3.8) is 0 Å². The van der Waals surface area contributed by atoms with Gasteiger partial charge in [0.25, 0.3) is 11.8 Å². The first-order valence-electron chi connectivity index (χ1n) is 8.65. The van der Waals surface area contributed by atoms with E-state index in [1.54, 1.807) is 24.3 Å². The highest BCUT2D eigenvalue weighted by Crippen LogP contribution is 2.29. The van der Waals surface area contributed by atoms with Gasteiger partial charge in [-0.15, -0.1) is 6.58 Å². The normalized spacial score (nSPS) is 10.0. The predicted octanol–water partition coefficient (Wildman–Crippen LogP) is 4.04. The maximum atomic E-state index is 12.7. The minimum atomic E-state index is -0.394. The molecule has 0 aliphatic heterocycles. The molecule has 0 fully saturated rings. The lowest BCUT2D eigenvalue weighted by Crippen LogP contribution is -2.24. The molecule has 0 aliphatic rings. The van der Waals surface area contributed by atoms with Crippen molar-refractivity contribution in [1.29, 1.82) is 0 Å². The standard InChI is InChI=1S/C22H19N3O3/c1-2-12-24-21(26)16-13-17(15-23-14-16)22(27)25-19-10-6-7-11-20(19)28-18-8-4-3-5-9-18/h2-11,13-15H,1,12H2,(H,24,26)(H,25,27). The van der Waals surface area contributed by atoms with Crippen LogP contribution in [0.2, 0.25) is 0 Å². The summed E-state index contributed by atoms with van der Waals surface area (Å²) in [6.07, 6.45) is 4.38. The molecule has 2 aromatic carbocycles. The van der Waals surface area contributed by atoms with Gasteiger partial charge in [0.1, 0.15) is 5.75 Å². The summed E-state index contributed by atoms with van der Waals surface area (Å²) in [6.45, 7) is 3.88. The molecule has 2 amide bonds. The number of aromatic nitrogens is 1. The Hall–Kier alpha value is -3.93. The second kappa shape index (κ2) is 9.14. The summed E-state index contributed by atoms with van der Waals surface area (Å²) in [6, 6.07) is 17.9. The molecule has 0 radical (unpaired) electrons. The highest BCUT2D eigenvalue weighted by atomic mass is 16.5. The van der Waals surface area contributed by atoms with E-state index < -0.39 is 5.91 Å². The highest BCUT2D eigenvalue weighted by Gasteiger charge is 2.13. The number of anilines is 1.